The van der Waals surface area contributed by atoms with Gasteiger partial charge in [0, 0.05) is 10.0 Å². The average molecular weight is 412 g/mol. The van der Waals surface area contributed by atoms with Crippen LogP contribution in [0.1, 0.15) is 23.2 Å². The summed E-state index contributed by atoms with van der Waals surface area (Å²) in [6.07, 6.45) is 1.01. The van der Waals surface area contributed by atoms with Gasteiger partial charge in [-0.2, -0.15) is 0 Å². The zero-order chi connectivity index (χ0) is 14.1. The summed E-state index contributed by atoms with van der Waals surface area (Å²) in [5.74, 6) is 0. The third kappa shape index (κ3) is 2.80. The van der Waals surface area contributed by atoms with Crippen molar-refractivity contribution in [2.24, 2.45) is 0 Å². The largest absolute Gasteiger partial charge is 0.147 e. The molecular weight excluding hydrogens is 400 g/mol. The maximum atomic E-state index is 4.31. The van der Waals surface area contributed by atoms with Gasteiger partial charge in [0.05, 0.1) is 4.83 Å². The fourth-order valence-electron chi connectivity index (χ4n) is 2.00. The van der Waals surface area contributed by atoms with Crippen LogP contribution in [0.25, 0.3) is 21.3 Å². The predicted octanol–water partition coefficient (Wildman–Crippen LogP) is 5.97. The lowest BCUT2D eigenvalue weighted by molar-refractivity contribution is 0.870. The van der Waals surface area contributed by atoms with Gasteiger partial charge >= 0.3 is 0 Å². The second-order valence-electron chi connectivity index (χ2n) is 4.53. The van der Waals surface area contributed by atoms with Gasteiger partial charge in [0.25, 0.3) is 0 Å². The minimum absolute atomic E-state index is 0.296. The monoisotopic (exact) mass is 410 g/mol. The lowest BCUT2D eigenvalue weighted by Crippen LogP contribution is -1.84. The first-order chi connectivity index (χ1) is 9.67. The summed E-state index contributed by atoms with van der Waals surface area (Å²) in [6, 6.07) is 12.7. The number of alkyl halides is 1. The standard InChI is InChI=1S/C15H12Br2N2S/c1-2-13(17)15-19-18-14(20-15)11-4-3-10-8-12(16)6-5-9(10)7-11/h3-8,13H,2H2,1H3. The van der Waals surface area contributed by atoms with Gasteiger partial charge < -0.3 is 0 Å². The molecule has 0 saturated carbocycles. The summed E-state index contributed by atoms with van der Waals surface area (Å²) < 4.78 is 1.10. The van der Waals surface area contributed by atoms with E-state index in [1.807, 2.05) is 0 Å². The zero-order valence-corrected chi connectivity index (χ0v) is 14.8. The van der Waals surface area contributed by atoms with Crippen molar-refractivity contribution >= 4 is 54.0 Å². The van der Waals surface area contributed by atoms with Crippen LogP contribution < -0.4 is 0 Å². The minimum atomic E-state index is 0.296. The first-order valence-corrected chi connectivity index (χ1v) is 8.87. The van der Waals surface area contributed by atoms with Crippen LogP contribution in [-0.4, -0.2) is 10.2 Å². The molecule has 20 heavy (non-hydrogen) atoms. The molecule has 2 nitrogen and oxygen atoms in total. The van der Waals surface area contributed by atoms with Gasteiger partial charge in [-0.25, -0.2) is 0 Å². The van der Waals surface area contributed by atoms with Crippen molar-refractivity contribution in [3.63, 3.8) is 0 Å². The number of benzene rings is 2. The molecule has 0 aliphatic heterocycles. The molecule has 0 aliphatic rings. The van der Waals surface area contributed by atoms with Gasteiger partial charge in [-0.3, -0.25) is 0 Å². The van der Waals surface area contributed by atoms with Crippen LogP contribution in [0.15, 0.2) is 40.9 Å². The summed E-state index contributed by atoms with van der Waals surface area (Å²) >= 11 is 8.77. The Labute approximate surface area is 138 Å². The van der Waals surface area contributed by atoms with Crippen molar-refractivity contribution in [1.82, 2.24) is 10.2 Å². The van der Waals surface area contributed by atoms with Gasteiger partial charge in [0.15, 0.2) is 0 Å². The number of hydrogen-bond acceptors (Lipinski definition) is 3. The van der Waals surface area contributed by atoms with Crippen LogP contribution in [0.2, 0.25) is 0 Å². The number of rotatable bonds is 3. The minimum Gasteiger partial charge on any atom is -0.142 e. The highest BCUT2D eigenvalue weighted by atomic mass is 79.9. The molecule has 0 N–H and O–H groups in total. The quantitative estimate of drug-likeness (QED) is 0.496. The normalized spacial score (nSPS) is 12.8. The molecule has 0 bridgehead atoms. The number of hydrogen-bond donors (Lipinski definition) is 0. The smallest absolute Gasteiger partial charge is 0.142 e. The zero-order valence-electron chi connectivity index (χ0n) is 10.8. The van der Waals surface area contributed by atoms with E-state index < -0.39 is 0 Å². The molecule has 0 amide bonds. The molecule has 1 aromatic heterocycles. The summed E-state index contributed by atoms with van der Waals surface area (Å²) in [5, 5.41) is 13.0. The molecule has 0 saturated heterocycles. The van der Waals surface area contributed by atoms with Gasteiger partial charge in [-0.1, -0.05) is 68.3 Å². The van der Waals surface area contributed by atoms with E-state index in [0.29, 0.717) is 4.83 Å². The fourth-order valence-corrected chi connectivity index (χ4v) is 3.65. The van der Waals surface area contributed by atoms with E-state index in [4.69, 9.17) is 0 Å². The van der Waals surface area contributed by atoms with E-state index in [1.54, 1.807) is 11.3 Å². The average Bonchev–Trinajstić information content (AvgIpc) is 2.95. The molecule has 5 heteroatoms. The van der Waals surface area contributed by atoms with Crippen LogP contribution in [0, 0.1) is 0 Å². The molecular formula is C15H12Br2N2S. The third-order valence-corrected chi connectivity index (χ3v) is 6.08. The van der Waals surface area contributed by atoms with E-state index in [2.05, 4.69) is 85.4 Å². The predicted molar refractivity (Wildman–Crippen MR) is 92.5 cm³/mol. The van der Waals surface area contributed by atoms with Crippen molar-refractivity contribution in [3.05, 3.63) is 45.9 Å². The highest BCUT2D eigenvalue weighted by Gasteiger charge is 2.13. The topological polar surface area (TPSA) is 25.8 Å². The van der Waals surface area contributed by atoms with Gasteiger partial charge in [0.1, 0.15) is 10.0 Å². The van der Waals surface area contributed by atoms with Crippen molar-refractivity contribution in [3.8, 4) is 10.6 Å². The molecule has 1 atom stereocenters. The van der Waals surface area contributed by atoms with Crippen molar-refractivity contribution in [1.29, 1.82) is 0 Å². The number of nitrogens with zero attached hydrogens (tertiary/aromatic N) is 2. The first-order valence-electron chi connectivity index (χ1n) is 6.34. The molecule has 102 valence electrons. The Bertz CT molecular complexity index is 754. The lowest BCUT2D eigenvalue weighted by atomic mass is 10.1. The number of halogens is 2. The van der Waals surface area contributed by atoms with Crippen molar-refractivity contribution in [2.45, 2.75) is 18.2 Å². The molecule has 3 rings (SSSR count). The first kappa shape index (κ1) is 14.2. The Hall–Kier alpha value is -0.780. The van der Waals surface area contributed by atoms with Crippen LogP contribution in [0.5, 0.6) is 0 Å². The van der Waals surface area contributed by atoms with E-state index in [1.165, 1.54) is 10.8 Å². The van der Waals surface area contributed by atoms with E-state index in [-0.39, 0.29) is 0 Å². The molecule has 1 unspecified atom stereocenters. The summed E-state index contributed by atoms with van der Waals surface area (Å²) in [5.41, 5.74) is 1.12. The third-order valence-electron chi connectivity index (χ3n) is 3.12. The Balaban J connectivity index is 2.01. The van der Waals surface area contributed by atoms with Crippen LogP contribution in [-0.2, 0) is 0 Å². The van der Waals surface area contributed by atoms with Crippen LogP contribution in [0.3, 0.4) is 0 Å². The Morgan fingerprint density at radius 2 is 1.85 bits per heavy atom. The van der Waals surface area contributed by atoms with Crippen LogP contribution >= 0.6 is 43.2 Å². The Morgan fingerprint density at radius 3 is 2.65 bits per heavy atom. The Morgan fingerprint density at radius 1 is 1.10 bits per heavy atom. The number of aromatic nitrogens is 2. The van der Waals surface area contributed by atoms with Crippen LogP contribution in [0.4, 0.5) is 0 Å². The summed E-state index contributed by atoms with van der Waals surface area (Å²) in [6.45, 7) is 2.13. The summed E-state index contributed by atoms with van der Waals surface area (Å²) in [4.78, 5) is 0.296. The molecule has 3 aromatic rings. The van der Waals surface area contributed by atoms with Gasteiger partial charge in [-0.15, -0.1) is 10.2 Å². The number of fused-ring (bicyclic) bond motifs is 1. The highest BCUT2D eigenvalue weighted by molar-refractivity contribution is 9.10. The van der Waals surface area contributed by atoms with Gasteiger partial charge in [0.2, 0.25) is 0 Å². The SMILES string of the molecule is CCC(Br)c1nnc(-c2ccc3cc(Br)ccc3c2)s1. The molecule has 0 spiro atoms. The lowest BCUT2D eigenvalue weighted by Gasteiger charge is -2.01. The molecule has 2 aromatic carbocycles. The van der Waals surface area contributed by atoms with Crippen molar-refractivity contribution < 1.29 is 0 Å². The molecule has 0 aliphatic carbocycles. The second kappa shape index (κ2) is 5.92. The maximum Gasteiger partial charge on any atom is 0.147 e. The van der Waals surface area contributed by atoms with Gasteiger partial charge in [-0.05, 0) is 35.4 Å². The summed E-state index contributed by atoms with van der Waals surface area (Å²) in [7, 11) is 0. The second-order valence-corrected chi connectivity index (χ2v) is 7.56. The van der Waals surface area contributed by atoms with E-state index in [9.17, 15) is 0 Å². The van der Waals surface area contributed by atoms with E-state index >= 15 is 0 Å². The molecule has 1 heterocycles. The fraction of sp³-hybridized carbons (Fsp3) is 0.200. The van der Waals surface area contributed by atoms with E-state index in [0.717, 1.165) is 26.5 Å². The Kier molecular flexibility index (Phi) is 4.19. The highest BCUT2D eigenvalue weighted by Crippen LogP contribution is 2.33. The maximum absolute atomic E-state index is 4.31. The van der Waals surface area contributed by atoms with Crippen molar-refractivity contribution in [2.75, 3.05) is 0 Å². The molecule has 0 radical (unpaired) electrons. The molecule has 0 fully saturated rings.